The molecule has 0 aliphatic carbocycles. The average molecular weight is 274 g/mol. The van der Waals surface area contributed by atoms with Crippen molar-refractivity contribution in [3.8, 4) is 0 Å². The van der Waals surface area contributed by atoms with E-state index < -0.39 is 0 Å². The maximum absolute atomic E-state index is 5.74. The lowest BCUT2D eigenvalue weighted by Gasteiger charge is -2.25. The van der Waals surface area contributed by atoms with Gasteiger partial charge in [-0.1, -0.05) is 23.8 Å². The summed E-state index contributed by atoms with van der Waals surface area (Å²) >= 11 is 1.82. The molecule has 0 bridgehead atoms. The second-order valence-electron chi connectivity index (χ2n) is 4.76. The monoisotopic (exact) mass is 274 g/mol. The van der Waals surface area contributed by atoms with Gasteiger partial charge < -0.3 is 10.6 Å². The first-order chi connectivity index (χ1) is 9.24. The summed E-state index contributed by atoms with van der Waals surface area (Å²) in [7, 11) is 0. The summed E-state index contributed by atoms with van der Waals surface area (Å²) in [6, 6.07) is 11.0. The SMILES string of the molecule is CCN(Cc1cccs1)c1ccc(C)cc1CCN. The Morgan fingerprint density at radius 1 is 1.26 bits per heavy atom. The van der Waals surface area contributed by atoms with Crippen molar-refractivity contribution in [2.75, 3.05) is 18.0 Å². The number of thiophene rings is 1. The summed E-state index contributed by atoms with van der Waals surface area (Å²) in [4.78, 5) is 3.83. The van der Waals surface area contributed by atoms with Crippen LogP contribution in [0.4, 0.5) is 5.69 Å². The Balaban J connectivity index is 2.26. The Hall–Kier alpha value is -1.32. The number of aryl methyl sites for hydroxylation is 1. The van der Waals surface area contributed by atoms with Gasteiger partial charge in [-0.25, -0.2) is 0 Å². The molecule has 1 aromatic heterocycles. The lowest BCUT2D eigenvalue weighted by atomic mass is 10.1. The fourth-order valence-corrected chi connectivity index (χ4v) is 3.06. The minimum absolute atomic E-state index is 0.701. The number of nitrogens with zero attached hydrogens (tertiary/aromatic N) is 1. The van der Waals surface area contributed by atoms with Crippen LogP contribution in [-0.2, 0) is 13.0 Å². The van der Waals surface area contributed by atoms with Gasteiger partial charge in [-0.15, -0.1) is 11.3 Å². The van der Waals surface area contributed by atoms with Crippen molar-refractivity contribution in [2.45, 2.75) is 26.8 Å². The molecule has 2 nitrogen and oxygen atoms in total. The molecule has 19 heavy (non-hydrogen) atoms. The quantitative estimate of drug-likeness (QED) is 0.872. The second-order valence-corrected chi connectivity index (χ2v) is 5.80. The van der Waals surface area contributed by atoms with Crippen LogP contribution in [0.15, 0.2) is 35.7 Å². The molecular formula is C16H22N2S. The van der Waals surface area contributed by atoms with E-state index in [1.165, 1.54) is 21.7 Å². The number of hydrogen-bond donors (Lipinski definition) is 1. The number of anilines is 1. The highest BCUT2D eigenvalue weighted by atomic mass is 32.1. The molecule has 0 spiro atoms. The van der Waals surface area contributed by atoms with Gasteiger partial charge in [0.15, 0.2) is 0 Å². The van der Waals surface area contributed by atoms with Crippen LogP contribution in [0.3, 0.4) is 0 Å². The smallest absolute Gasteiger partial charge is 0.0522 e. The van der Waals surface area contributed by atoms with Crippen molar-refractivity contribution in [3.63, 3.8) is 0 Å². The Labute approximate surface area is 119 Å². The standard InChI is InChI=1S/C16H22N2S/c1-3-18(12-15-5-4-10-19-15)16-7-6-13(2)11-14(16)8-9-17/h4-7,10-11H,3,8-9,12,17H2,1-2H3. The maximum atomic E-state index is 5.74. The molecule has 0 unspecified atom stereocenters. The molecule has 3 heteroatoms. The predicted molar refractivity (Wildman–Crippen MR) is 85.0 cm³/mol. The Morgan fingerprint density at radius 2 is 2.11 bits per heavy atom. The number of benzene rings is 1. The molecule has 2 aromatic rings. The van der Waals surface area contributed by atoms with Crippen molar-refractivity contribution in [3.05, 3.63) is 51.7 Å². The van der Waals surface area contributed by atoms with Gasteiger partial charge in [0.25, 0.3) is 0 Å². The molecule has 0 aliphatic rings. The fourth-order valence-electron chi connectivity index (χ4n) is 2.34. The third-order valence-electron chi connectivity index (χ3n) is 3.30. The topological polar surface area (TPSA) is 29.3 Å². The summed E-state index contributed by atoms with van der Waals surface area (Å²) in [5.41, 5.74) is 9.73. The van der Waals surface area contributed by atoms with E-state index in [1.807, 2.05) is 11.3 Å². The van der Waals surface area contributed by atoms with Crippen molar-refractivity contribution in [2.24, 2.45) is 5.73 Å². The van der Waals surface area contributed by atoms with Crippen LogP contribution in [0.2, 0.25) is 0 Å². The van der Waals surface area contributed by atoms with E-state index in [0.717, 1.165) is 19.5 Å². The van der Waals surface area contributed by atoms with Gasteiger partial charge in [0.2, 0.25) is 0 Å². The van der Waals surface area contributed by atoms with Gasteiger partial charge in [0, 0.05) is 17.1 Å². The predicted octanol–water partition coefficient (Wildman–Crippen LogP) is 3.58. The molecule has 2 N–H and O–H groups in total. The summed E-state index contributed by atoms with van der Waals surface area (Å²) < 4.78 is 0. The highest BCUT2D eigenvalue weighted by Crippen LogP contribution is 2.25. The second kappa shape index (κ2) is 6.73. The van der Waals surface area contributed by atoms with Gasteiger partial charge in [-0.05, 0) is 49.9 Å². The largest absolute Gasteiger partial charge is 0.366 e. The van der Waals surface area contributed by atoms with Crippen molar-refractivity contribution >= 4 is 17.0 Å². The first-order valence-corrected chi connectivity index (χ1v) is 7.69. The number of nitrogens with two attached hydrogens (primary N) is 1. The van der Waals surface area contributed by atoms with Crippen molar-refractivity contribution in [1.82, 2.24) is 0 Å². The van der Waals surface area contributed by atoms with Crippen molar-refractivity contribution < 1.29 is 0 Å². The zero-order valence-electron chi connectivity index (χ0n) is 11.7. The molecule has 0 aliphatic heterocycles. The highest BCUT2D eigenvalue weighted by molar-refractivity contribution is 7.09. The molecule has 0 radical (unpaired) electrons. The Morgan fingerprint density at radius 3 is 2.74 bits per heavy atom. The van der Waals surface area contributed by atoms with Gasteiger partial charge in [0.05, 0.1) is 6.54 Å². The normalized spacial score (nSPS) is 10.7. The molecule has 0 saturated heterocycles. The fraction of sp³-hybridized carbons (Fsp3) is 0.375. The zero-order valence-corrected chi connectivity index (χ0v) is 12.5. The average Bonchev–Trinajstić information content (AvgIpc) is 2.90. The molecule has 0 atom stereocenters. The van der Waals surface area contributed by atoms with E-state index >= 15 is 0 Å². The maximum Gasteiger partial charge on any atom is 0.0522 e. The lowest BCUT2D eigenvalue weighted by molar-refractivity contribution is 0.827. The summed E-state index contributed by atoms with van der Waals surface area (Å²) in [5, 5.41) is 2.14. The van der Waals surface area contributed by atoms with Gasteiger partial charge >= 0.3 is 0 Å². The van der Waals surface area contributed by atoms with Gasteiger partial charge in [-0.3, -0.25) is 0 Å². The first kappa shape index (κ1) is 14.1. The van der Waals surface area contributed by atoms with Crippen LogP contribution < -0.4 is 10.6 Å². The molecular weight excluding hydrogens is 252 g/mol. The van der Waals surface area contributed by atoms with Crippen LogP contribution in [0.1, 0.15) is 22.9 Å². The lowest BCUT2D eigenvalue weighted by Crippen LogP contribution is -2.23. The van der Waals surface area contributed by atoms with Crippen LogP contribution in [0, 0.1) is 6.92 Å². The van der Waals surface area contributed by atoms with E-state index in [9.17, 15) is 0 Å². The van der Waals surface area contributed by atoms with Crippen LogP contribution in [0.5, 0.6) is 0 Å². The van der Waals surface area contributed by atoms with Crippen LogP contribution in [0.25, 0.3) is 0 Å². The van der Waals surface area contributed by atoms with Crippen LogP contribution >= 0.6 is 11.3 Å². The van der Waals surface area contributed by atoms with E-state index in [4.69, 9.17) is 5.73 Å². The van der Waals surface area contributed by atoms with Crippen LogP contribution in [-0.4, -0.2) is 13.1 Å². The summed E-state index contributed by atoms with van der Waals surface area (Å²) in [6.07, 6.45) is 0.942. The van der Waals surface area contributed by atoms with E-state index in [0.29, 0.717) is 6.54 Å². The Bertz CT molecular complexity index is 505. The molecule has 1 heterocycles. The van der Waals surface area contributed by atoms with E-state index in [-0.39, 0.29) is 0 Å². The first-order valence-electron chi connectivity index (χ1n) is 6.81. The van der Waals surface area contributed by atoms with E-state index in [2.05, 4.69) is 54.5 Å². The Kier molecular flexibility index (Phi) is 5.00. The molecule has 0 amide bonds. The number of rotatable bonds is 6. The molecule has 0 saturated carbocycles. The summed E-state index contributed by atoms with van der Waals surface area (Å²) in [6.45, 7) is 7.04. The molecule has 2 rings (SSSR count). The van der Waals surface area contributed by atoms with E-state index in [1.54, 1.807) is 0 Å². The summed E-state index contributed by atoms with van der Waals surface area (Å²) in [5.74, 6) is 0. The molecule has 102 valence electrons. The minimum atomic E-state index is 0.701. The van der Waals surface area contributed by atoms with Gasteiger partial charge in [-0.2, -0.15) is 0 Å². The third-order valence-corrected chi connectivity index (χ3v) is 4.16. The highest BCUT2D eigenvalue weighted by Gasteiger charge is 2.10. The third kappa shape index (κ3) is 3.58. The molecule has 0 fully saturated rings. The number of hydrogen-bond acceptors (Lipinski definition) is 3. The van der Waals surface area contributed by atoms with Gasteiger partial charge in [0.1, 0.15) is 0 Å². The van der Waals surface area contributed by atoms with Crippen molar-refractivity contribution in [1.29, 1.82) is 0 Å². The minimum Gasteiger partial charge on any atom is -0.366 e. The zero-order chi connectivity index (χ0) is 13.7. The molecule has 1 aromatic carbocycles.